The molecule has 0 atom stereocenters. The zero-order valence-electron chi connectivity index (χ0n) is 9.63. The van der Waals surface area contributed by atoms with E-state index in [1.54, 1.807) is 30.5 Å². The van der Waals surface area contributed by atoms with E-state index in [0.29, 0.717) is 11.4 Å². The van der Waals surface area contributed by atoms with Crippen molar-refractivity contribution >= 4 is 21.3 Å². The van der Waals surface area contributed by atoms with Crippen LogP contribution in [0.3, 0.4) is 0 Å². The van der Waals surface area contributed by atoms with Crippen molar-refractivity contribution in [1.29, 1.82) is 0 Å². The monoisotopic (exact) mass is 248 g/mol. The largest absolute Gasteiger partial charge is 0.399 e. The van der Waals surface area contributed by atoms with E-state index < -0.39 is 9.93 Å². The molecule has 0 fully saturated rings. The summed E-state index contributed by atoms with van der Waals surface area (Å²) in [5.41, 5.74) is 12.7. The molecule has 90 valence electrons. The average Bonchev–Trinajstić information content (AvgIpc) is 2.29. The molecule has 0 aliphatic heterocycles. The molecule has 0 saturated carbocycles. The Labute approximate surface area is 102 Å². The predicted octanol–water partition coefficient (Wildman–Crippen LogP) is 1.92. The summed E-state index contributed by atoms with van der Waals surface area (Å²) in [5, 5.41) is 0. The highest BCUT2D eigenvalue weighted by molar-refractivity contribution is 8.02. The van der Waals surface area contributed by atoms with E-state index in [-0.39, 0.29) is 0 Å². The van der Waals surface area contributed by atoms with Crippen LogP contribution in [0, 0.1) is 0 Å². The van der Waals surface area contributed by atoms with E-state index in [1.165, 1.54) is 0 Å². The first-order valence-electron chi connectivity index (χ1n) is 5.30. The Kier molecular flexibility index (Phi) is 2.90. The fraction of sp³-hybridized carbons (Fsp3) is 0.0769. The molecule has 2 aromatic rings. The van der Waals surface area contributed by atoms with Crippen molar-refractivity contribution in [2.24, 2.45) is 0 Å². The van der Waals surface area contributed by atoms with Crippen molar-refractivity contribution in [3.05, 3.63) is 48.5 Å². The smallest absolute Gasteiger partial charge is 0.0325 e. The summed E-state index contributed by atoms with van der Waals surface area (Å²) in [6, 6.07) is 14.4. The topological polar surface area (TPSA) is 69.1 Å². The minimum Gasteiger partial charge on any atom is -0.399 e. The van der Waals surface area contributed by atoms with Gasteiger partial charge in [0.2, 0.25) is 0 Å². The molecular formula is C13H16N2OS. The molecule has 0 unspecified atom stereocenters. The van der Waals surface area contributed by atoms with Crippen LogP contribution >= 0.6 is 0 Å². The van der Waals surface area contributed by atoms with Gasteiger partial charge in [0, 0.05) is 21.2 Å². The molecule has 0 spiro atoms. The summed E-state index contributed by atoms with van der Waals surface area (Å²) in [4.78, 5) is 1.51. The summed E-state index contributed by atoms with van der Waals surface area (Å²) < 4.78 is 12.8. The molecule has 2 aromatic carbocycles. The van der Waals surface area contributed by atoms with Crippen molar-refractivity contribution in [1.82, 2.24) is 0 Å². The fourth-order valence-corrected chi connectivity index (χ4v) is 3.56. The number of hydrogen-bond acceptors (Lipinski definition) is 3. The first-order chi connectivity index (χ1) is 8.00. The second-order valence-corrected chi connectivity index (χ2v) is 7.00. The maximum Gasteiger partial charge on any atom is 0.0325 e. The van der Waals surface area contributed by atoms with Gasteiger partial charge in [-0.2, -0.15) is 0 Å². The Bertz CT molecular complexity index is 546. The van der Waals surface area contributed by atoms with Gasteiger partial charge in [0.25, 0.3) is 0 Å². The van der Waals surface area contributed by atoms with Gasteiger partial charge in [-0.25, -0.2) is 0 Å². The SMILES string of the molecule is C[SH](=O)(c1cccc(N)c1)c1cccc(N)c1. The lowest BCUT2D eigenvalue weighted by Gasteiger charge is -2.20. The van der Waals surface area contributed by atoms with Crippen LogP contribution in [-0.2, 0) is 9.93 Å². The van der Waals surface area contributed by atoms with E-state index >= 15 is 0 Å². The molecule has 3 nitrogen and oxygen atoms in total. The van der Waals surface area contributed by atoms with Gasteiger partial charge >= 0.3 is 0 Å². The molecule has 0 saturated heterocycles. The van der Waals surface area contributed by atoms with Crippen molar-refractivity contribution in [2.45, 2.75) is 9.79 Å². The van der Waals surface area contributed by atoms with Crippen molar-refractivity contribution in [3.8, 4) is 0 Å². The highest BCUT2D eigenvalue weighted by Crippen LogP contribution is 2.28. The Morgan fingerprint density at radius 3 is 1.65 bits per heavy atom. The molecule has 0 heterocycles. The first kappa shape index (κ1) is 11.7. The van der Waals surface area contributed by atoms with E-state index in [9.17, 15) is 4.21 Å². The molecule has 4 N–H and O–H groups in total. The zero-order valence-corrected chi connectivity index (χ0v) is 10.5. The quantitative estimate of drug-likeness (QED) is 0.562. The normalized spacial score (nSPS) is 12.3. The van der Waals surface area contributed by atoms with Crippen LogP contribution in [0.25, 0.3) is 0 Å². The van der Waals surface area contributed by atoms with Crippen LogP contribution in [-0.4, -0.2) is 10.5 Å². The van der Waals surface area contributed by atoms with Crippen molar-refractivity contribution in [2.75, 3.05) is 17.7 Å². The number of rotatable bonds is 2. The van der Waals surface area contributed by atoms with Crippen molar-refractivity contribution < 1.29 is 4.21 Å². The number of benzene rings is 2. The first-order valence-corrected chi connectivity index (χ1v) is 7.45. The zero-order chi connectivity index (χ0) is 12.5. The summed E-state index contributed by atoms with van der Waals surface area (Å²) >= 11 is 0. The van der Waals surface area contributed by atoms with Crippen molar-refractivity contribution in [3.63, 3.8) is 0 Å². The highest BCUT2D eigenvalue weighted by Gasteiger charge is 2.15. The fourth-order valence-electron chi connectivity index (χ4n) is 1.73. The molecule has 0 radical (unpaired) electrons. The van der Waals surface area contributed by atoms with Gasteiger partial charge in [-0.3, -0.25) is 4.21 Å². The van der Waals surface area contributed by atoms with Gasteiger partial charge in [0.05, 0.1) is 0 Å². The third-order valence-corrected chi connectivity index (χ3v) is 5.25. The summed E-state index contributed by atoms with van der Waals surface area (Å²) in [6.45, 7) is 0. The molecule has 0 aliphatic carbocycles. The minimum absolute atomic E-state index is 0.619. The van der Waals surface area contributed by atoms with E-state index in [2.05, 4.69) is 0 Å². The molecule has 0 aliphatic rings. The maximum atomic E-state index is 12.8. The highest BCUT2D eigenvalue weighted by atomic mass is 32.2. The van der Waals surface area contributed by atoms with Crippen LogP contribution in [0.1, 0.15) is 0 Å². The van der Waals surface area contributed by atoms with E-state index in [0.717, 1.165) is 9.79 Å². The Hall–Kier alpha value is -1.81. The minimum atomic E-state index is -2.61. The Balaban J connectivity index is 2.53. The van der Waals surface area contributed by atoms with E-state index in [1.807, 2.05) is 24.3 Å². The number of hydrogen-bond donors (Lipinski definition) is 3. The average molecular weight is 248 g/mol. The number of thiol groups is 1. The van der Waals surface area contributed by atoms with Crippen LogP contribution < -0.4 is 11.5 Å². The van der Waals surface area contributed by atoms with Gasteiger partial charge in [-0.1, -0.05) is 22.1 Å². The standard InChI is InChI=1S/C13H16N2OS/c1-17(16,12-6-2-4-10(14)8-12)13-7-3-5-11(15)9-13/h2-9,17H,14-15H2,1H3. The number of nitrogens with two attached hydrogens (primary N) is 2. The van der Waals surface area contributed by atoms with Crippen LogP contribution in [0.4, 0.5) is 11.4 Å². The van der Waals surface area contributed by atoms with Crippen LogP contribution in [0.2, 0.25) is 0 Å². The summed E-state index contributed by atoms with van der Waals surface area (Å²) in [7, 11) is -2.61. The lowest BCUT2D eigenvalue weighted by Crippen LogP contribution is -2.11. The Morgan fingerprint density at radius 2 is 1.29 bits per heavy atom. The second kappa shape index (κ2) is 4.22. The van der Waals surface area contributed by atoms with Gasteiger partial charge in [-0.05, 0) is 42.7 Å². The molecular weight excluding hydrogens is 232 g/mol. The molecule has 0 amide bonds. The molecule has 0 aromatic heterocycles. The number of nitrogen functional groups attached to an aromatic ring is 2. The second-order valence-electron chi connectivity index (χ2n) is 4.11. The molecule has 2 rings (SSSR count). The van der Waals surface area contributed by atoms with Gasteiger partial charge < -0.3 is 11.5 Å². The van der Waals surface area contributed by atoms with Crippen LogP contribution in [0.15, 0.2) is 58.3 Å². The summed E-state index contributed by atoms with van der Waals surface area (Å²) in [5.74, 6) is 0. The third kappa shape index (κ3) is 2.31. The molecule has 0 bridgehead atoms. The van der Waals surface area contributed by atoms with Gasteiger partial charge in [0.1, 0.15) is 0 Å². The van der Waals surface area contributed by atoms with Gasteiger partial charge in [-0.15, -0.1) is 0 Å². The molecule has 17 heavy (non-hydrogen) atoms. The van der Waals surface area contributed by atoms with E-state index in [4.69, 9.17) is 11.5 Å². The summed E-state index contributed by atoms with van der Waals surface area (Å²) in [6.07, 6.45) is 1.73. The lowest BCUT2D eigenvalue weighted by atomic mass is 10.3. The predicted molar refractivity (Wildman–Crippen MR) is 73.7 cm³/mol. The Morgan fingerprint density at radius 1 is 0.882 bits per heavy atom. The lowest BCUT2D eigenvalue weighted by molar-refractivity contribution is 0.674. The third-order valence-electron chi connectivity index (χ3n) is 2.73. The van der Waals surface area contributed by atoms with Crippen LogP contribution in [0.5, 0.6) is 0 Å². The number of anilines is 2. The molecule has 4 heteroatoms. The van der Waals surface area contributed by atoms with Gasteiger partial charge in [0.15, 0.2) is 0 Å². The maximum absolute atomic E-state index is 12.8.